The maximum absolute atomic E-state index is 12.3. The molecule has 0 aliphatic heterocycles. The fourth-order valence-corrected chi connectivity index (χ4v) is 2.85. The van der Waals surface area contributed by atoms with E-state index in [1.54, 1.807) is 21.0 Å². The second-order valence-corrected chi connectivity index (χ2v) is 6.17. The molecule has 0 saturated heterocycles. The molecule has 0 aliphatic rings. The first kappa shape index (κ1) is 17.2. The maximum Gasteiger partial charge on any atom is 0.342 e. The Morgan fingerprint density at radius 3 is 2.29 bits per heavy atom. The summed E-state index contributed by atoms with van der Waals surface area (Å²) in [6, 6.07) is 0. The van der Waals surface area contributed by atoms with Crippen LogP contribution in [0.5, 0.6) is 0 Å². The van der Waals surface area contributed by atoms with E-state index in [1.165, 1.54) is 30.1 Å². The number of aryl methyl sites for hydroxylation is 1. The number of rotatable bonds is 4. The molecule has 1 aromatic heterocycles. The number of esters is 1. The molecule has 21 heavy (non-hydrogen) atoms. The van der Waals surface area contributed by atoms with Gasteiger partial charge in [-0.05, 0) is 26.3 Å². The van der Waals surface area contributed by atoms with Gasteiger partial charge in [-0.25, -0.2) is 4.79 Å². The molecule has 2 amide bonds. The topological polar surface area (TPSA) is 75.7 Å². The van der Waals surface area contributed by atoms with Crippen molar-refractivity contribution in [2.24, 2.45) is 0 Å². The van der Waals surface area contributed by atoms with Crippen LogP contribution >= 0.6 is 11.3 Å². The van der Waals surface area contributed by atoms with E-state index in [0.29, 0.717) is 10.6 Å². The normalized spacial score (nSPS) is 11.7. The zero-order chi connectivity index (χ0) is 16.3. The van der Waals surface area contributed by atoms with Crippen molar-refractivity contribution >= 4 is 34.1 Å². The van der Waals surface area contributed by atoms with Gasteiger partial charge in [-0.1, -0.05) is 0 Å². The van der Waals surface area contributed by atoms with Gasteiger partial charge in [0.15, 0.2) is 6.10 Å². The molecular weight excluding hydrogens is 292 g/mol. The number of thiophene rings is 1. The number of carbonyl (C=O) groups excluding carboxylic acids is 3. The Bertz CT molecular complexity index is 578. The summed E-state index contributed by atoms with van der Waals surface area (Å²) < 4.78 is 5.20. The summed E-state index contributed by atoms with van der Waals surface area (Å²) in [5, 5.41) is 3.08. The Morgan fingerprint density at radius 1 is 1.24 bits per heavy atom. The Hall–Kier alpha value is -1.89. The van der Waals surface area contributed by atoms with Crippen molar-refractivity contribution < 1.29 is 19.1 Å². The number of ether oxygens (including phenoxy) is 1. The fraction of sp³-hybridized carbons (Fsp3) is 0.500. The minimum Gasteiger partial charge on any atom is -0.449 e. The van der Waals surface area contributed by atoms with Gasteiger partial charge in [-0.15, -0.1) is 11.3 Å². The van der Waals surface area contributed by atoms with Gasteiger partial charge in [0.1, 0.15) is 5.00 Å². The molecule has 0 aliphatic carbocycles. The highest BCUT2D eigenvalue weighted by Gasteiger charge is 2.26. The maximum atomic E-state index is 12.3. The molecule has 1 N–H and O–H groups in total. The summed E-state index contributed by atoms with van der Waals surface area (Å²) >= 11 is 1.31. The third kappa shape index (κ3) is 4.04. The van der Waals surface area contributed by atoms with Crippen LogP contribution in [0.2, 0.25) is 0 Å². The number of anilines is 1. The minimum atomic E-state index is -0.878. The smallest absolute Gasteiger partial charge is 0.342 e. The zero-order valence-corrected chi connectivity index (χ0v) is 13.9. The van der Waals surface area contributed by atoms with E-state index in [0.717, 1.165) is 10.4 Å². The Kier molecular flexibility index (Phi) is 5.48. The molecule has 0 saturated carbocycles. The first-order valence-corrected chi connectivity index (χ1v) is 7.26. The van der Waals surface area contributed by atoms with Gasteiger partial charge in [-0.3, -0.25) is 9.59 Å². The Morgan fingerprint density at radius 2 is 1.81 bits per heavy atom. The summed E-state index contributed by atoms with van der Waals surface area (Å²) in [6.07, 6.45) is -0.878. The first-order chi connectivity index (χ1) is 9.65. The number of hydrogen-bond donors (Lipinski definition) is 1. The average Bonchev–Trinajstić information content (AvgIpc) is 2.62. The third-order valence-corrected chi connectivity index (χ3v) is 4.07. The molecule has 1 rings (SSSR count). The number of amides is 2. The highest BCUT2D eigenvalue weighted by atomic mass is 32.1. The second kappa shape index (κ2) is 6.71. The van der Waals surface area contributed by atoms with Gasteiger partial charge < -0.3 is 15.0 Å². The Labute approximate surface area is 128 Å². The number of hydrogen-bond acceptors (Lipinski definition) is 5. The van der Waals surface area contributed by atoms with Crippen molar-refractivity contribution in [2.45, 2.75) is 33.8 Å². The van der Waals surface area contributed by atoms with E-state index in [-0.39, 0.29) is 11.8 Å². The second-order valence-electron chi connectivity index (χ2n) is 4.95. The number of carbonyl (C=O) groups is 3. The molecule has 1 aromatic rings. The van der Waals surface area contributed by atoms with Crippen LogP contribution in [0.1, 0.15) is 34.6 Å². The summed E-state index contributed by atoms with van der Waals surface area (Å²) in [4.78, 5) is 37.5. The lowest BCUT2D eigenvalue weighted by atomic mass is 10.1. The Balaban J connectivity index is 3.02. The highest BCUT2D eigenvalue weighted by molar-refractivity contribution is 7.16. The van der Waals surface area contributed by atoms with Crippen LogP contribution in [0, 0.1) is 13.8 Å². The number of nitrogens with one attached hydrogen (secondary N) is 1. The molecule has 0 unspecified atom stereocenters. The summed E-state index contributed by atoms with van der Waals surface area (Å²) in [6.45, 7) is 6.53. The fourth-order valence-electron chi connectivity index (χ4n) is 1.75. The van der Waals surface area contributed by atoms with Crippen molar-refractivity contribution in [2.75, 3.05) is 19.4 Å². The average molecular weight is 312 g/mol. The number of nitrogens with zero attached hydrogens (tertiary/aromatic N) is 1. The first-order valence-electron chi connectivity index (χ1n) is 6.44. The molecule has 1 heterocycles. The predicted molar refractivity (Wildman–Crippen MR) is 81.7 cm³/mol. The lowest BCUT2D eigenvalue weighted by Crippen LogP contribution is -2.35. The van der Waals surface area contributed by atoms with Crippen LogP contribution in [0.4, 0.5) is 5.00 Å². The van der Waals surface area contributed by atoms with Gasteiger partial charge in [0.25, 0.3) is 5.91 Å². The van der Waals surface area contributed by atoms with Crippen LogP contribution in [0.3, 0.4) is 0 Å². The molecule has 0 spiro atoms. The molecule has 0 bridgehead atoms. The molecule has 6 nitrogen and oxygen atoms in total. The van der Waals surface area contributed by atoms with E-state index >= 15 is 0 Å². The summed E-state index contributed by atoms with van der Waals surface area (Å²) in [7, 11) is 3.19. The summed E-state index contributed by atoms with van der Waals surface area (Å²) in [5.41, 5.74) is 1.06. The van der Waals surface area contributed by atoms with Crippen molar-refractivity contribution in [3.8, 4) is 0 Å². The van der Waals surface area contributed by atoms with Crippen LogP contribution in [0.15, 0.2) is 0 Å². The van der Waals surface area contributed by atoms with E-state index in [4.69, 9.17) is 4.74 Å². The van der Waals surface area contributed by atoms with E-state index < -0.39 is 12.1 Å². The molecule has 116 valence electrons. The van der Waals surface area contributed by atoms with Gasteiger partial charge in [0, 0.05) is 25.9 Å². The lowest BCUT2D eigenvalue weighted by molar-refractivity contribution is -0.137. The molecule has 1 atom stereocenters. The van der Waals surface area contributed by atoms with E-state index in [1.807, 2.05) is 6.92 Å². The quantitative estimate of drug-likeness (QED) is 0.862. The van der Waals surface area contributed by atoms with Crippen LogP contribution < -0.4 is 5.32 Å². The standard InChI is InChI=1S/C14H20N2O4S/c1-7-9(3)21-12(15-10(4)17)11(7)14(19)20-8(2)13(18)16(5)6/h8H,1-6H3,(H,15,17)/t8-/m0/s1. The molecule has 0 radical (unpaired) electrons. The van der Waals surface area contributed by atoms with Crippen molar-refractivity contribution in [1.82, 2.24) is 4.90 Å². The van der Waals surface area contributed by atoms with Crippen LogP contribution in [0.25, 0.3) is 0 Å². The van der Waals surface area contributed by atoms with Crippen molar-refractivity contribution in [3.63, 3.8) is 0 Å². The monoisotopic (exact) mass is 312 g/mol. The van der Waals surface area contributed by atoms with E-state index in [2.05, 4.69) is 5.32 Å². The van der Waals surface area contributed by atoms with Gasteiger partial charge in [0.2, 0.25) is 5.91 Å². The molecule has 7 heteroatoms. The van der Waals surface area contributed by atoms with Gasteiger partial charge >= 0.3 is 5.97 Å². The van der Waals surface area contributed by atoms with Gasteiger partial charge in [-0.2, -0.15) is 0 Å². The largest absolute Gasteiger partial charge is 0.449 e. The third-order valence-electron chi connectivity index (χ3n) is 2.95. The van der Waals surface area contributed by atoms with Crippen molar-refractivity contribution in [1.29, 1.82) is 0 Å². The molecule has 0 aromatic carbocycles. The SMILES string of the molecule is CC(=O)Nc1sc(C)c(C)c1C(=O)O[C@@H](C)C(=O)N(C)C. The summed E-state index contributed by atoms with van der Waals surface area (Å²) in [5.74, 6) is -1.17. The van der Waals surface area contributed by atoms with Crippen LogP contribution in [-0.2, 0) is 14.3 Å². The highest BCUT2D eigenvalue weighted by Crippen LogP contribution is 2.33. The zero-order valence-electron chi connectivity index (χ0n) is 13.1. The van der Waals surface area contributed by atoms with E-state index in [9.17, 15) is 14.4 Å². The number of likely N-dealkylation sites (N-methyl/N-ethyl adjacent to an activating group) is 1. The minimum absolute atomic E-state index is 0.261. The molecule has 0 fully saturated rings. The lowest BCUT2D eigenvalue weighted by Gasteiger charge is -2.17. The molecular formula is C14H20N2O4S. The van der Waals surface area contributed by atoms with Crippen molar-refractivity contribution in [3.05, 3.63) is 16.0 Å². The van der Waals surface area contributed by atoms with Gasteiger partial charge in [0.05, 0.1) is 5.56 Å². The van der Waals surface area contributed by atoms with Crippen LogP contribution in [-0.4, -0.2) is 42.9 Å². The predicted octanol–water partition coefficient (Wildman–Crippen LogP) is 1.96.